The fourth-order valence-electron chi connectivity index (χ4n) is 2.21. The van der Waals surface area contributed by atoms with Crippen molar-refractivity contribution >= 4 is 34.9 Å². The van der Waals surface area contributed by atoms with Crippen LogP contribution in [0.25, 0.3) is 0 Å². The van der Waals surface area contributed by atoms with Crippen LogP contribution in [0.2, 0.25) is 0 Å². The second-order valence-electron chi connectivity index (χ2n) is 3.32. The third kappa shape index (κ3) is 1.46. The fraction of sp³-hybridized carbons (Fsp3) is 0.625. The predicted octanol–water partition coefficient (Wildman–Crippen LogP) is 2.55. The van der Waals surface area contributed by atoms with E-state index in [0.717, 1.165) is 11.8 Å². The van der Waals surface area contributed by atoms with Crippen LogP contribution in [0.1, 0.15) is 12.8 Å². The van der Waals surface area contributed by atoms with E-state index in [1.165, 1.54) is 12.8 Å². The monoisotopic (exact) mass is 204 g/mol. The van der Waals surface area contributed by atoms with Crippen LogP contribution in [0.4, 0.5) is 0 Å². The third-order valence-corrected chi connectivity index (χ3v) is 4.14. The first kappa shape index (κ1) is 8.03. The molecular weight excluding hydrogens is 195 g/mol. The molecular formula is C8H10Cl2Si. The largest absolute Gasteiger partial charge is 0.228 e. The molecule has 0 aromatic heterocycles. The molecule has 0 nitrogen and oxygen atoms in total. The molecule has 1 fully saturated rings. The van der Waals surface area contributed by atoms with Crippen molar-refractivity contribution in [2.24, 2.45) is 17.8 Å². The summed E-state index contributed by atoms with van der Waals surface area (Å²) in [7, 11) is -1.16. The van der Waals surface area contributed by atoms with Crippen molar-refractivity contribution in [1.29, 1.82) is 0 Å². The molecule has 0 N–H and O–H groups in total. The van der Waals surface area contributed by atoms with Gasteiger partial charge in [-0.05, 0) is 30.6 Å². The lowest BCUT2D eigenvalue weighted by molar-refractivity contribution is 0.582. The van der Waals surface area contributed by atoms with E-state index in [1.807, 2.05) is 0 Å². The van der Waals surface area contributed by atoms with Gasteiger partial charge in [0.25, 0.3) is 0 Å². The summed E-state index contributed by atoms with van der Waals surface area (Å²) in [4.78, 5) is 0. The Labute approximate surface area is 77.8 Å². The smallest absolute Gasteiger partial charge is 0.118 e. The maximum atomic E-state index is 5.80. The molecule has 2 bridgehead atoms. The highest BCUT2D eigenvalue weighted by Gasteiger charge is 2.35. The van der Waals surface area contributed by atoms with Gasteiger partial charge in [0.05, 0.1) is 0 Å². The van der Waals surface area contributed by atoms with Crippen molar-refractivity contribution < 1.29 is 0 Å². The topological polar surface area (TPSA) is 0 Å². The van der Waals surface area contributed by atoms with Gasteiger partial charge >= 0.3 is 0 Å². The van der Waals surface area contributed by atoms with Crippen LogP contribution in [-0.2, 0) is 0 Å². The van der Waals surface area contributed by atoms with Crippen LogP contribution < -0.4 is 0 Å². The summed E-state index contributed by atoms with van der Waals surface area (Å²) in [6.07, 6.45) is 7.33. The van der Waals surface area contributed by atoms with Gasteiger partial charge in [0, 0.05) is 0 Å². The predicted molar refractivity (Wildman–Crippen MR) is 52.4 cm³/mol. The van der Waals surface area contributed by atoms with Gasteiger partial charge < -0.3 is 0 Å². The molecule has 2 atom stereocenters. The number of rotatable bonds is 1. The van der Waals surface area contributed by atoms with Crippen LogP contribution >= 0.6 is 22.2 Å². The molecule has 0 aromatic carbocycles. The third-order valence-electron chi connectivity index (χ3n) is 2.75. The lowest BCUT2D eigenvalue weighted by Gasteiger charge is -2.08. The van der Waals surface area contributed by atoms with Crippen LogP contribution in [0, 0.1) is 17.8 Å². The zero-order valence-corrected chi connectivity index (χ0v) is 8.65. The Hall–Kier alpha value is 0.407. The van der Waals surface area contributed by atoms with Crippen molar-refractivity contribution in [3.05, 3.63) is 12.2 Å². The first-order valence-corrected chi connectivity index (χ1v) is 7.58. The molecule has 2 aliphatic rings. The highest BCUT2D eigenvalue weighted by atomic mass is 35.7. The summed E-state index contributed by atoms with van der Waals surface area (Å²) >= 11 is 11.6. The summed E-state index contributed by atoms with van der Waals surface area (Å²) in [6.45, 7) is 0. The van der Waals surface area contributed by atoms with E-state index in [4.69, 9.17) is 22.2 Å². The minimum atomic E-state index is -1.16. The lowest BCUT2D eigenvalue weighted by Crippen LogP contribution is -2.11. The molecule has 60 valence electrons. The summed E-state index contributed by atoms with van der Waals surface area (Å²) in [5, 5.41) is 0. The second kappa shape index (κ2) is 3.04. The Morgan fingerprint density at radius 2 is 1.73 bits per heavy atom. The van der Waals surface area contributed by atoms with Gasteiger partial charge in [0.2, 0.25) is 7.03 Å². The normalized spacial score (nSPS) is 39.6. The van der Waals surface area contributed by atoms with Gasteiger partial charge in [0.1, 0.15) is 0 Å². The Bertz CT molecular complexity index is 204. The number of hydrogen-bond acceptors (Lipinski definition) is 0. The molecule has 1 saturated carbocycles. The number of allylic oxidation sites excluding steroid dienone is 2. The van der Waals surface area contributed by atoms with Crippen LogP contribution in [0.15, 0.2) is 12.2 Å². The highest BCUT2D eigenvalue weighted by Crippen LogP contribution is 2.43. The second-order valence-corrected chi connectivity index (χ2v) is 7.26. The SMILES string of the molecule is Cl[Si](Cl)=CC1C2C=CC1CC2. The van der Waals surface area contributed by atoms with Crippen LogP contribution in [-0.4, -0.2) is 12.7 Å². The molecule has 2 rings (SSSR count). The molecule has 3 heteroatoms. The quantitative estimate of drug-likeness (QED) is 0.350. The fourth-order valence-corrected chi connectivity index (χ4v) is 3.87. The Morgan fingerprint density at radius 3 is 2.09 bits per heavy atom. The maximum absolute atomic E-state index is 5.80. The number of hydrogen-bond donors (Lipinski definition) is 0. The molecule has 0 aliphatic heterocycles. The molecule has 0 saturated heterocycles. The summed E-state index contributed by atoms with van der Waals surface area (Å²) in [5.74, 6) is 2.20. The molecule has 0 heterocycles. The minimum absolute atomic E-state index is 0.680. The first-order valence-electron chi connectivity index (χ1n) is 3.98. The molecule has 2 aliphatic carbocycles. The zero-order chi connectivity index (χ0) is 7.84. The van der Waals surface area contributed by atoms with Crippen molar-refractivity contribution in [3.63, 3.8) is 0 Å². The standard InChI is InChI=1S/C8H10Cl2Si/c9-11(10)5-8-6-1-2-7(8)4-3-6/h1-2,5-8H,3-4H2. The van der Waals surface area contributed by atoms with E-state index in [-0.39, 0.29) is 0 Å². The average Bonchev–Trinajstić information content (AvgIpc) is 2.48. The van der Waals surface area contributed by atoms with E-state index in [9.17, 15) is 0 Å². The van der Waals surface area contributed by atoms with Crippen molar-refractivity contribution in [3.8, 4) is 0 Å². The molecule has 2 unspecified atom stereocenters. The van der Waals surface area contributed by atoms with Crippen molar-refractivity contribution in [2.75, 3.05) is 0 Å². The average molecular weight is 205 g/mol. The highest BCUT2D eigenvalue weighted by molar-refractivity contribution is 7.34. The number of halogens is 2. The Kier molecular flexibility index (Phi) is 2.22. The van der Waals surface area contributed by atoms with E-state index in [1.54, 1.807) is 0 Å². The van der Waals surface area contributed by atoms with Gasteiger partial charge in [-0.2, -0.15) is 0 Å². The van der Waals surface area contributed by atoms with E-state index in [0.29, 0.717) is 5.92 Å². The van der Waals surface area contributed by atoms with E-state index in [2.05, 4.69) is 17.8 Å². The molecule has 0 spiro atoms. The number of fused-ring (bicyclic) bond motifs is 2. The maximum Gasteiger partial charge on any atom is 0.228 e. The van der Waals surface area contributed by atoms with Gasteiger partial charge in [-0.3, -0.25) is 0 Å². The zero-order valence-electron chi connectivity index (χ0n) is 6.13. The van der Waals surface area contributed by atoms with Crippen molar-refractivity contribution in [2.45, 2.75) is 12.8 Å². The molecule has 11 heavy (non-hydrogen) atoms. The van der Waals surface area contributed by atoms with Crippen molar-refractivity contribution in [1.82, 2.24) is 0 Å². The summed E-state index contributed by atoms with van der Waals surface area (Å²) in [5.41, 5.74) is 2.18. The molecule has 0 amide bonds. The van der Waals surface area contributed by atoms with Gasteiger partial charge in [0.15, 0.2) is 0 Å². The lowest BCUT2D eigenvalue weighted by atomic mass is 9.99. The van der Waals surface area contributed by atoms with E-state index >= 15 is 0 Å². The molecule has 0 aromatic rings. The van der Waals surface area contributed by atoms with Crippen LogP contribution in [0.5, 0.6) is 0 Å². The minimum Gasteiger partial charge on any atom is -0.118 e. The first-order chi connectivity index (χ1) is 5.27. The Morgan fingerprint density at radius 1 is 1.18 bits per heavy atom. The molecule has 0 radical (unpaired) electrons. The summed E-state index contributed by atoms with van der Waals surface area (Å²) in [6, 6.07) is 0. The van der Waals surface area contributed by atoms with Gasteiger partial charge in [-0.15, -0.1) is 22.2 Å². The van der Waals surface area contributed by atoms with Gasteiger partial charge in [-0.1, -0.05) is 17.8 Å². The summed E-state index contributed by atoms with van der Waals surface area (Å²) < 4.78 is 0. The Balaban J connectivity index is 2.14. The van der Waals surface area contributed by atoms with Gasteiger partial charge in [-0.25, -0.2) is 0 Å². The van der Waals surface area contributed by atoms with Crippen LogP contribution in [0.3, 0.4) is 0 Å². The van der Waals surface area contributed by atoms with E-state index < -0.39 is 7.03 Å².